The number of hydrogen-bond donors (Lipinski definition) is 3. The molecule has 4 heterocycles. The molecule has 3 N–H and O–H groups in total. The molecule has 0 saturated carbocycles. The fourth-order valence-electron chi connectivity index (χ4n) is 3.93. The lowest BCUT2D eigenvalue weighted by Gasteiger charge is -2.34. The molecule has 10 nitrogen and oxygen atoms in total. The third kappa shape index (κ3) is 4.55. The van der Waals surface area contributed by atoms with Crippen LogP contribution in [0.5, 0.6) is 0 Å². The number of halogens is 1. The van der Waals surface area contributed by atoms with E-state index < -0.39 is 5.76 Å². The summed E-state index contributed by atoms with van der Waals surface area (Å²) in [5, 5.41) is 6.24. The highest BCUT2D eigenvalue weighted by Gasteiger charge is 2.20. The van der Waals surface area contributed by atoms with Crippen LogP contribution in [-0.4, -0.2) is 57.6 Å². The van der Waals surface area contributed by atoms with E-state index in [1.165, 1.54) is 6.07 Å². The van der Waals surface area contributed by atoms with E-state index in [0.717, 1.165) is 44.0 Å². The van der Waals surface area contributed by atoms with Gasteiger partial charge in [0.15, 0.2) is 17.2 Å². The Morgan fingerprint density at radius 3 is 2.68 bits per heavy atom. The van der Waals surface area contributed by atoms with Crippen LogP contribution in [0.25, 0.3) is 11.1 Å². The third-order valence-corrected chi connectivity index (χ3v) is 5.85. The van der Waals surface area contributed by atoms with Crippen molar-refractivity contribution in [2.45, 2.75) is 13.8 Å². The van der Waals surface area contributed by atoms with E-state index in [1.807, 2.05) is 11.8 Å². The monoisotopic (exact) mass is 464 g/mol. The van der Waals surface area contributed by atoms with Gasteiger partial charge in [0, 0.05) is 49.7 Å². The topological polar surface area (TPSA) is 115 Å². The molecule has 34 heavy (non-hydrogen) atoms. The van der Waals surface area contributed by atoms with E-state index in [1.54, 1.807) is 30.6 Å². The molecule has 0 spiro atoms. The van der Waals surface area contributed by atoms with E-state index in [9.17, 15) is 9.18 Å². The zero-order chi connectivity index (χ0) is 23.7. The maximum absolute atomic E-state index is 14.8. The van der Waals surface area contributed by atoms with Gasteiger partial charge in [0.2, 0.25) is 5.95 Å². The second-order valence-electron chi connectivity index (χ2n) is 8.15. The smallest absolute Gasteiger partial charge is 0.408 e. The van der Waals surface area contributed by atoms with Crippen molar-refractivity contribution in [1.29, 1.82) is 0 Å². The van der Waals surface area contributed by atoms with Gasteiger partial charge in [0.1, 0.15) is 5.82 Å². The van der Waals surface area contributed by atoms with Gasteiger partial charge in [-0.15, -0.1) is 0 Å². The van der Waals surface area contributed by atoms with Gasteiger partial charge in [0.25, 0.3) is 0 Å². The second kappa shape index (κ2) is 9.10. The number of H-pyrrole nitrogens is 1. The highest BCUT2D eigenvalue weighted by atomic mass is 19.1. The van der Waals surface area contributed by atoms with Crippen LogP contribution in [0.15, 0.2) is 45.9 Å². The Morgan fingerprint density at radius 1 is 1.09 bits per heavy atom. The van der Waals surface area contributed by atoms with Crippen molar-refractivity contribution in [2.24, 2.45) is 0 Å². The van der Waals surface area contributed by atoms with Crippen LogP contribution in [0.4, 0.5) is 33.3 Å². The number of pyridine rings is 1. The zero-order valence-corrected chi connectivity index (χ0v) is 18.9. The standard InChI is InChI=1S/C23H25FN8O2/c1-3-31-6-8-32(9-7-31)21-17(24)10-16(13-25-21)28-22-26-12-14(2)20(30-22)27-15-4-5-19-18(11-15)29-23(33)34-19/h4-5,10-13H,3,6-9H2,1-2H3,(H,29,33)(H2,26,27,28,30). The van der Waals surface area contributed by atoms with Gasteiger partial charge in [0.05, 0.1) is 17.4 Å². The molecule has 1 aliphatic rings. The number of nitrogens with zero attached hydrogens (tertiary/aromatic N) is 5. The van der Waals surface area contributed by atoms with Gasteiger partial charge in [-0.2, -0.15) is 4.98 Å². The van der Waals surface area contributed by atoms with Crippen LogP contribution in [0.1, 0.15) is 12.5 Å². The number of aromatic amines is 1. The second-order valence-corrected chi connectivity index (χ2v) is 8.15. The predicted molar refractivity (Wildman–Crippen MR) is 129 cm³/mol. The van der Waals surface area contributed by atoms with Crippen LogP contribution in [-0.2, 0) is 0 Å². The Balaban J connectivity index is 1.31. The number of aromatic nitrogens is 4. The predicted octanol–water partition coefficient (Wildman–Crippen LogP) is 3.38. The average molecular weight is 465 g/mol. The van der Waals surface area contributed by atoms with Gasteiger partial charge >= 0.3 is 5.76 Å². The van der Waals surface area contributed by atoms with E-state index in [0.29, 0.717) is 34.4 Å². The van der Waals surface area contributed by atoms with E-state index >= 15 is 0 Å². The number of rotatable bonds is 6. The van der Waals surface area contributed by atoms with Gasteiger partial charge in [-0.05, 0) is 31.7 Å². The number of oxazole rings is 1. The molecule has 4 aromatic rings. The molecule has 3 aromatic heterocycles. The molecule has 0 radical (unpaired) electrons. The van der Waals surface area contributed by atoms with Gasteiger partial charge < -0.3 is 24.9 Å². The Morgan fingerprint density at radius 2 is 1.91 bits per heavy atom. The van der Waals surface area contributed by atoms with Crippen molar-refractivity contribution >= 4 is 40.1 Å². The first-order valence-electron chi connectivity index (χ1n) is 11.1. The zero-order valence-electron chi connectivity index (χ0n) is 18.9. The molecule has 5 rings (SSSR count). The van der Waals surface area contributed by atoms with Crippen molar-refractivity contribution in [1.82, 2.24) is 24.8 Å². The summed E-state index contributed by atoms with van der Waals surface area (Å²) in [6.07, 6.45) is 3.26. The molecule has 11 heteroatoms. The van der Waals surface area contributed by atoms with Crippen LogP contribution >= 0.6 is 0 Å². The average Bonchev–Trinajstić information content (AvgIpc) is 3.21. The Bertz CT molecular complexity index is 1380. The van der Waals surface area contributed by atoms with Crippen molar-refractivity contribution < 1.29 is 8.81 Å². The molecule has 0 amide bonds. The molecule has 176 valence electrons. The van der Waals surface area contributed by atoms with Crippen LogP contribution < -0.4 is 21.3 Å². The lowest BCUT2D eigenvalue weighted by Crippen LogP contribution is -2.46. The molecular weight excluding hydrogens is 439 g/mol. The fraction of sp³-hybridized carbons (Fsp3) is 0.304. The molecule has 0 atom stereocenters. The number of hydrogen-bond acceptors (Lipinski definition) is 9. The van der Waals surface area contributed by atoms with Gasteiger partial charge in [-0.3, -0.25) is 4.98 Å². The normalized spacial score (nSPS) is 14.5. The maximum atomic E-state index is 14.8. The number of fused-ring (bicyclic) bond motifs is 1. The minimum absolute atomic E-state index is 0.302. The fourth-order valence-corrected chi connectivity index (χ4v) is 3.93. The first-order chi connectivity index (χ1) is 16.5. The van der Waals surface area contributed by atoms with Crippen molar-refractivity contribution in [2.75, 3.05) is 48.3 Å². The van der Waals surface area contributed by atoms with Gasteiger partial charge in [-0.1, -0.05) is 6.92 Å². The largest absolute Gasteiger partial charge is 0.417 e. The summed E-state index contributed by atoms with van der Waals surface area (Å²) in [6.45, 7) is 8.29. The number of likely N-dealkylation sites (N-methyl/N-ethyl adjacent to an activating group) is 1. The Kier molecular flexibility index (Phi) is 5.84. The van der Waals surface area contributed by atoms with Crippen molar-refractivity contribution in [3.05, 3.63) is 58.6 Å². The first kappa shape index (κ1) is 21.8. The van der Waals surface area contributed by atoms with Crippen molar-refractivity contribution in [3.8, 4) is 0 Å². The SMILES string of the molecule is CCN1CCN(c2ncc(Nc3ncc(C)c(Nc4ccc5oc(=O)[nH]c5c4)n3)cc2F)CC1. The number of nitrogens with one attached hydrogen (secondary N) is 3. The summed E-state index contributed by atoms with van der Waals surface area (Å²) in [5.41, 5.74) is 3.05. The van der Waals surface area contributed by atoms with Crippen LogP contribution in [0, 0.1) is 12.7 Å². The Hall–Kier alpha value is -3.99. The summed E-state index contributed by atoms with van der Waals surface area (Å²) in [4.78, 5) is 31.5. The minimum Gasteiger partial charge on any atom is -0.408 e. The Labute approximate surface area is 194 Å². The minimum atomic E-state index is -0.507. The maximum Gasteiger partial charge on any atom is 0.417 e. The highest BCUT2D eigenvalue weighted by Crippen LogP contribution is 2.25. The summed E-state index contributed by atoms with van der Waals surface area (Å²) in [7, 11) is 0. The molecule has 1 aromatic carbocycles. The number of benzene rings is 1. The molecule has 1 saturated heterocycles. The van der Waals surface area contributed by atoms with E-state index in [4.69, 9.17) is 4.42 Å². The van der Waals surface area contributed by atoms with Gasteiger partial charge in [-0.25, -0.2) is 19.2 Å². The first-order valence-corrected chi connectivity index (χ1v) is 11.1. The lowest BCUT2D eigenvalue weighted by atomic mass is 10.2. The molecule has 1 fully saturated rings. The lowest BCUT2D eigenvalue weighted by molar-refractivity contribution is 0.269. The summed E-state index contributed by atoms with van der Waals surface area (Å²) < 4.78 is 19.9. The van der Waals surface area contributed by atoms with Crippen LogP contribution in [0.2, 0.25) is 0 Å². The summed E-state index contributed by atoms with van der Waals surface area (Å²) in [5.74, 6) is 0.342. The van der Waals surface area contributed by atoms with E-state index in [2.05, 4.69) is 42.4 Å². The quantitative estimate of drug-likeness (QED) is 0.395. The molecular formula is C23H25FN8O2. The number of anilines is 5. The molecule has 1 aliphatic heterocycles. The molecule has 0 bridgehead atoms. The number of piperazine rings is 1. The van der Waals surface area contributed by atoms with Crippen LogP contribution in [0.3, 0.4) is 0 Å². The summed E-state index contributed by atoms with van der Waals surface area (Å²) in [6, 6.07) is 6.65. The highest BCUT2D eigenvalue weighted by molar-refractivity contribution is 5.78. The molecule has 0 aliphatic carbocycles. The summed E-state index contributed by atoms with van der Waals surface area (Å²) >= 11 is 0. The third-order valence-electron chi connectivity index (χ3n) is 5.85. The van der Waals surface area contributed by atoms with Crippen molar-refractivity contribution in [3.63, 3.8) is 0 Å². The number of aryl methyl sites for hydroxylation is 1. The molecule has 0 unspecified atom stereocenters. The van der Waals surface area contributed by atoms with E-state index in [-0.39, 0.29) is 5.82 Å².